The van der Waals surface area contributed by atoms with Crippen LogP contribution in [-0.2, 0) is 6.54 Å². The van der Waals surface area contributed by atoms with Gasteiger partial charge in [-0.1, -0.05) is 13.8 Å². The first-order valence-electron chi connectivity index (χ1n) is 6.79. The summed E-state index contributed by atoms with van der Waals surface area (Å²) in [5.74, 6) is 6.60. The van der Waals surface area contributed by atoms with Crippen molar-refractivity contribution in [2.75, 3.05) is 13.1 Å². The maximum Gasteiger partial charge on any atom is 0.205 e. The Labute approximate surface area is 115 Å². The number of hydrazine groups is 1. The molecule has 0 bridgehead atoms. The van der Waals surface area contributed by atoms with Gasteiger partial charge in [-0.2, -0.15) is 5.10 Å². The lowest BCUT2D eigenvalue weighted by Crippen LogP contribution is -2.42. The molecule has 6 heteroatoms. The third-order valence-electron chi connectivity index (χ3n) is 2.69. The van der Waals surface area contributed by atoms with E-state index in [1.54, 1.807) is 0 Å². The van der Waals surface area contributed by atoms with Gasteiger partial charge in [0.05, 0.1) is 5.69 Å². The topological polar surface area (TPSA) is 80.3 Å². The molecule has 0 amide bonds. The predicted molar refractivity (Wildman–Crippen MR) is 78.8 cm³/mol. The molecule has 0 aliphatic heterocycles. The van der Waals surface area contributed by atoms with Crippen molar-refractivity contribution in [1.29, 1.82) is 0 Å². The van der Waals surface area contributed by atoms with E-state index in [0.717, 1.165) is 31.7 Å². The van der Waals surface area contributed by atoms with Crippen molar-refractivity contribution in [3.63, 3.8) is 0 Å². The van der Waals surface area contributed by atoms with Gasteiger partial charge < -0.3 is 5.32 Å². The number of aliphatic imine (C=N–C) groups is 1. The van der Waals surface area contributed by atoms with Gasteiger partial charge in [-0.3, -0.25) is 15.1 Å². The van der Waals surface area contributed by atoms with Gasteiger partial charge >= 0.3 is 0 Å². The van der Waals surface area contributed by atoms with Gasteiger partial charge in [0.2, 0.25) is 5.96 Å². The molecular formula is C13H26N6. The lowest BCUT2D eigenvalue weighted by atomic mass is 10.2. The quantitative estimate of drug-likeness (QED) is 0.235. The van der Waals surface area contributed by atoms with Gasteiger partial charge in [0.1, 0.15) is 0 Å². The predicted octanol–water partition coefficient (Wildman–Crippen LogP) is 0.955. The van der Waals surface area contributed by atoms with Crippen molar-refractivity contribution < 1.29 is 0 Å². The normalized spacial score (nSPS) is 12.0. The molecule has 0 saturated heterocycles. The first kappa shape index (κ1) is 15.5. The van der Waals surface area contributed by atoms with E-state index in [-0.39, 0.29) is 0 Å². The molecule has 1 rings (SSSR count). The molecule has 0 saturated carbocycles. The first-order valence-corrected chi connectivity index (χ1v) is 6.79. The fourth-order valence-electron chi connectivity index (χ4n) is 1.76. The fraction of sp³-hybridized carbons (Fsp3) is 0.692. The van der Waals surface area contributed by atoms with Gasteiger partial charge in [-0.05, 0) is 32.3 Å². The highest BCUT2D eigenvalue weighted by atomic mass is 15.3. The summed E-state index contributed by atoms with van der Waals surface area (Å²) in [7, 11) is 0. The van der Waals surface area contributed by atoms with Crippen LogP contribution < -0.4 is 16.6 Å². The van der Waals surface area contributed by atoms with Crippen molar-refractivity contribution >= 4 is 5.96 Å². The van der Waals surface area contributed by atoms with Crippen LogP contribution >= 0.6 is 0 Å². The van der Waals surface area contributed by atoms with Crippen LogP contribution in [0.3, 0.4) is 0 Å². The number of guanidine groups is 1. The van der Waals surface area contributed by atoms with Gasteiger partial charge in [-0.25, -0.2) is 5.84 Å². The highest BCUT2D eigenvalue weighted by Gasteiger charge is 2.01. The third-order valence-corrected chi connectivity index (χ3v) is 2.69. The molecule has 1 aromatic heterocycles. The number of nitrogens with zero attached hydrogens (tertiary/aromatic N) is 3. The van der Waals surface area contributed by atoms with Gasteiger partial charge in [0.25, 0.3) is 0 Å². The Kier molecular flexibility index (Phi) is 6.35. The highest BCUT2D eigenvalue weighted by molar-refractivity contribution is 5.79. The van der Waals surface area contributed by atoms with Crippen LogP contribution in [0.25, 0.3) is 0 Å². The minimum Gasteiger partial charge on any atom is -0.355 e. The zero-order valence-electron chi connectivity index (χ0n) is 12.4. The summed E-state index contributed by atoms with van der Waals surface area (Å²) in [5.41, 5.74) is 4.85. The van der Waals surface area contributed by atoms with Crippen molar-refractivity contribution in [1.82, 2.24) is 20.5 Å². The number of rotatable bonds is 6. The van der Waals surface area contributed by atoms with Crippen LogP contribution in [0.15, 0.2) is 11.1 Å². The number of aryl methyl sites for hydroxylation is 3. The van der Waals surface area contributed by atoms with Crippen molar-refractivity contribution in [3.05, 3.63) is 17.5 Å². The molecule has 0 aliphatic carbocycles. The van der Waals surface area contributed by atoms with Crippen LogP contribution in [0.1, 0.15) is 31.7 Å². The number of hydrogen-bond donors (Lipinski definition) is 3. The molecule has 0 unspecified atom stereocenters. The Morgan fingerprint density at radius 2 is 2.21 bits per heavy atom. The zero-order chi connectivity index (χ0) is 14.3. The van der Waals surface area contributed by atoms with E-state index in [1.807, 2.05) is 11.6 Å². The van der Waals surface area contributed by atoms with E-state index in [2.05, 4.69) is 47.7 Å². The molecule has 0 aromatic carbocycles. The van der Waals surface area contributed by atoms with Gasteiger partial charge in [-0.15, -0.1) is 0 Å². The summed E-state index contributed by atoms with van der Waals surface area (Å²) in [5, 5.41) is 7.62. The van der Waals surface area contributed by atoms with Crippen LogP contribution in [0.5, 0.6) is 0 Å². The van der Waals surface area contributed by atoms with Crippen LogP contribution in [0.4, 0.5) is 0 Å². The largest absolute Gasteiger partial charge is 0.355 e. The van der Waals surface area contributed by atoms with Gasteiger partial charge in [0.15, 0.2) is 0 Å². The molecule has 19 heavy (non-hydrogen) atoms. The second-order valence-electron chi connectivity index (χ2n) is 5.16. The molecular weight excluding hydrogens is 240 g/mol. The lowest BCUT2D eigenvalue weighted by molar-refractivity contribution is 0.554. The Hall–Kier alpha value is -1.56. The number of hydrogen-bond acceptors (Lipinski definition) is 3. The van der Waals surface area contributed by atoms with E-state index < -0.39 is 0 Å². The summed E-state index contributed by atoms with van der Waals surface area (Å²) in [6.07, 6.45) is 0.977. The SMILES string of the molecule is Cc1cc(C)n(CCCNC(=NCC(C)C)NN)n1. The third kappa shape index (κ3) is 5.74. The minimum atomic E-state index is 0.528. The standard InChI is InChI=1S/C13H26N6/c1-10(2)9-16-13(17-14)15-6-5-7-19-12(4)8-11(3)18-19/h8,10H,5-7,9,14H2,1-4H3,(H2,15,16,17). The highest BCUT2D eigenvalue weighted by Crippen LogP contribution is 2.02. The molecule has 0 atom stereocenters. The van der Waals surface area contributed by atoms with Crippen LogP contribution in [0, 0.1) is 19.8 Å². The van der Waals surface area contributed by atoms with Crippen molar-refractivity contribution in [2.45, 2.75) is 40.7 Å². The molecule has 1 aromatic rings. The van der Waals surface area contributed by atoms with E-state index in [9.17, 15) is 0 Å². The second kappa shape index (κ2) is 7.78. The number of nitrogens with two attached hydrogens (primary N) is 1. The minimum absolute atomic E-state index is 0.528. The van der Waals surface area contributed by atoms with Crippen molar-refractivity contribution in [2.24, 2.45) is 16.8 Å². The molecule has 6 nitrogen and oxygen atoms in total. The van der Waals surface area contributed by atoms with Crippen LogP contribution in [-0.4, -0.2) is 28.8 Å². The molecule has 4 N–H and O–H groups in total. The molecule has 108 valence electrons. The summed E-state index contributed by atoms with van der Waals surface area (Å²) in [6, 6.07) is 2.09. The Morgan fingerprint density at radius 3 is 2.74 bits per heavy atom. The second-order valence-corrected chi connectivity index (χ2v) is 5.16. The summed E-state index contributed by atoms with van der Waals surface area (Å²) >= 11 is 0. The van der Waals surface area contributed by atoms with Crippen molar-refractivity contribution in [3.8, 4) is 0 Å². The van der Waals surface area contributed by atoms with E-state index in [4.69, 9.17) is 5.84 Å². The number of nitrogens with one attached hydrogen (secondary N) is 2. The monoisotopic (exact) mass is 266 g/mol. The molecule has 1 heterocycles. The lowest BCUT2D eigenvalue weighted by Gasteiger charge is -2.10. The van der Waals surface area contributed by atoms with Gasteiger partial charge in [0, 0.05) is 25.3 Å². The average Bonchev–Trinajstić information content (AvgIpc) is 2.66. The Balaban J connectivity index is 2.29. The maximum absolute atomic E-state index is 5.42. The molecule has 0 fully saturated rings. The Bertz CT molecular complexity index is 407. The maximum atomic E-state index is 5.42. The summed E-state index contributed by atoms with van der Waals surface area (Å²) < 4.78 is 2.03. The van der Waals surface area contributed by atoms with E-state index in [0.29, 0.717) is 11.9 Å². The first-order chi connectivity index (χ1) is 9.02. The molecule has 0 spiro atoms. The number of aromatic nitrogens is 2. The molecule has 0 radical (unpaired) electrons. The zero-order valence-corrected chi connectivity index (χ0v) is 12.4. The fourth-order valence-corrected chi connectivity index (χ4v) is 1.76. The smallest absolute Gasteiger partial charge is 0.205 e. The average molecular weight is 266 g/mol. The summed E-state index contributed by atoms with van der Waals surface area (Å²) in [6.45, 7) is 10.8. The summed E-state index contributed by atoms with van der Waals surface area (Å²) in [4.78, 5) is 4.35. The van der Waals surface area contributed by atoms with Crippen LogP contribution in [0.2, 0.25) is 0 Å². The van der Waals surface area contributed by atoms with E-state index >= 15 is 0 Å². The Morgan fingerprint density at radius 1 is 1.47 bits per heavy atom. The van der Waals surface area contributed by atoms with E-state index in [1.165, 1.54) is 5.69 Å². The molecule has 0 aliphatic rings.